The number of hydrogen-bond acceptors (Lipinski definition) is 3. The Morgan fingerprint density at radius 3 is 2.60 bits per heavy atom. The van der Waals surface area contributed by atoms with E-state index in [2.05, 4.69) is 53.6 Å². The number of thiophene rings is 1. The minimum atomic E-state index is 0.280. The Bertz CT molecular complexity index is 735. The van der Waals surface area contributed by atoms with Crippen LogP contribution < -0.4 is 5.32 Å². The van der Waals surface area contributed by atoms with E-state index in [1.807, 2.05) is 25.2 Å². The van der Waals surface area contributed by atoms with Crippen LogP contribution in [0.3, 0.4) is 0 Å². The van der Waals surface area contributed by atoms with Gasteiger partial charge in [0.1, 0.15) is 0 Å². The van der Waals surface area contributed by atoms with Gasteiger partial charge in [0.05, 0.1) is 23.1 Å². The first kappa shape index (κ1) is 13.2. The van der Waals surface area contributed by atoms with Gasteiger partial charge < -0.3 is 5.32 Å². The van der Waals surface area contributed by atoms with Gasteiger partial charge in [0.25, 0.3) is 0 Å². The molecule has 0 aliphatic rings. The van der Waals surface area contributed by atoms with Crippen molar-refractivity contribution in [1.29, 1.82) is 0 Å². The highest BCUT2D eigenvalue weighted by Crippen LogP contribution is 2.36. The third-order valence-electron chi connectivity index (χ3n) is 3.76. The van der Waals surface area contributed by atoms with Crippen LogP contribution in [0.2, 0.25) is 0 Å². The zero-order chi connectivity index (χ0) is 14.3. The van der Waals surface area contributed by atoms with Gasteiger partial charge >= 0.3 is 0 Å². The fourth-order valence-electron chi connectivity index (χ4n) is 2.65. The van der Waals surface area contributed by atoms with Crippen molar-refractivity contribution in [3.05, 3.63) is 46.1 Å². The summed E-state index contributed by atoms with van der Waals surface area (Å²) in [7, 11) is 0. The van der Waals surface area contributed by atoms with Crippen LogP contribution in [0.1, 0.15) is 34.8 Å². The lowest BCUT2D eigenvalue weighted by atomic mass is 10.1. The summed E-state index contributed by atoms with van der Waals surface area (Å²) >= 11 is 1.87. The number of aromatic nitrogens is 2. The first-order valence-electron chi connectivity index (χ1n) is 6.84. The Morgan fingerprint density at radius 2 is 1.95 bits per heavy atom. The number of benzene rings is 1. The summed E-state index contributed by atoms with van der Waals surface area (Å²) in [6.07, 6.45) is 0. The molecule has 3 nitrogen and oxygen atoms in total. The molecule has 1 atom stereocenters. The fraction of sp³-hybridized carbons (Fsp3) is 0.312. The highest BCUT2D eigenvalue weighted by atomic mass is 32.1. The molecule has 3 aromatic rings. The maximum Gasteiger partial charge on any atom is 0.0825 e. The van der Waals surface area contributed by atoms with Crippen molar-refractivity contribution in [3.63, 3.8) is 0 Å². The molecule has 2 N–H and O–H groups in total. The monoisotopic (exact) mass is 285 g/mol. The molecule has 20 heavy (non-hydrogen) atoms. The molecular weight excluding hydrogens is 266 g/mol. The highest BCUT2D eigenvalue weighted by Gasteiger charge is 2.16. The van der Waals surface area contributed by atoms with Crippen LogP contribution in [0.4, 0.5) is 5.69 Å². The van der Waals surface area contributed by atoms with Crippen LogP contribution in [-0.4, -0.2) is 10.2 Å². The van der Waals surface area contributed by atoms with Gasteiger partial charge in [0.2, 0.25) is 0 Å². The molecule has 104 valence electrons. The van der Waals surface area contributed by atoms with Crippen LogP contribution in [0.15, 0.2) is 24.3 Å². The Hall–Kier alpha value is -1.81. The summed E-state index contributed by atoms with van der Waals surface area (Å²) < 4.78 is 1.36. The number of aryl methyl sites for hydroxylation is 3. The minimum absolute atomic E-state index is 0.280. The molecule has 0 aliphatic heterocycles. The lowest BCUT2D eigenvalue weighted by Crippen LogP contribution is -2.07. The summed E-state index contributed by atoms with van der Waals surface area (Å²) in [4.78, 5) is 1.39. The van der Waals surface area contributed by atoms with Crippen LogP contribution in [0.5, 0.6) is 0 Å². The normalized spacial score (nSPS) is 12.8. The average molecular weight is 285 g/mol. The van der Waals surface area contributed by atoms with Crippen molar-refractivity contribution < 1.29 is 0 Å². The van der Waals surface area contributed by atoms with E-state index in [1.165, 1.54) is 20.5 Å². The third-order valence-corrected chi connectivity index (χ3v) is 5.22. The molecule has 0 amide bonds. The molecule has 2 heterocycles. The number of nitrogens with zero attached hydrogens (tertiary/aromatic N) is 1. The van der Waals surface area contributed by atoms with Crippen molar-refractivity contribution in [2.24, 2.45) is 0 Å². The van der Waals surface area contributed by atoms with E-state index in [4.69, 9.17) is 0 Å². The molecule has 0 saturated carbocycles. The number of H-pyrrole nitrogens is 1. The molecule has 0 fully saturated rings. The van der Waals surface area contributed by atoms with E-state index < -0.39 is 0 Å². The van der Waals surface area contributed by atoms with Gasteiger partial charge in [-0.05, 0) is 44.7 Å². The third kappa shape index (κ3) is 2.10. The minimum Gasteiger partial charge on any atom is -0.375 e. The Morgan fingerprint density at radius 1 is 1.20 bits per heavy atom. The second-order valence-electron chi connectivity index (χ2n) is 5.26. The second-order valence-corrected chi connectivity index (χ2v) is 6.35. The number of hydrogen-bond donors (Lipinski definition) is 2. The van der Waals surface area contributed by atoms with Crippen LogP contribution in [-0.2, 0) is 0 Å². The molecule has 0 spiro atoms. The van der Waals surface area contributed by atoms with Gasteiger partial charge in [0, 0.05) is 9.58 Å². The predicted molar refractivity (Wildman–Crippen MR) is 86.7 cm³/mol. The average Bonchev–Trinajstić information content (AvgIpc) is 2.94. The van der Waals surface area contributed by atoms with E-state index in [-0.39, 0.29) is 6.04 Å². The zero-order valence-electron chi connectivity index (χ0n) is 12.2. The molecule has 0 aliphatic carbocycles. The Labute approximate surface area is 123 Å². The van der Waals surface area contributed by atoms with E-state index in [0.717, 1.165) is 17.1 Å². The van der Waals surface area contributed by atoms with Gasteiger partial charge in [-0.2, -0.15) is 5.10 Å². The van der Waals surface area contributed by atoms with Gasteiger partial charge in [-0.25, -0.2) is 0 Å². The van der Waals surface area contributed by atoms with Crippen LogP contribution in [0, 0.1) is 20.8 Å². The first-order valence-corrected chi connectivity index (χ1v) is 7.65. The molecule has 0 bridgehead atoms. The van der Waals surface area contributed by atoms with Crippen molar-refractivity contribution in [1.82, 2.24) is 10.2 Å². The van der Waals surface area contributed by atoms with E-state index in [9.17, 15) is 0 Å². The number of nitrogens with one attached hydrogen (secondary N) is 2. The zero-order valence-corrected chi connectivity index (χ0v) is 13.1. The molecule has 3 rings (SSSR count). The number of anilines is 1. The molecular formula is C16H19N3S. The molecule has 4 heteroatoms. The van der Waals surface area contributed by atoms with Gasteiger partial charge in [-0.15, -0.1) is 11.3 Å². The SMILES string of the molecule is Cc1n[nH]c(C)c1NC(C)c1sc2ccccc2c1C. The summed E-state index contributed by atoms with van der Waals surface area (Å²) in [5, 5.41) is 12.2. The summed E-state index contributed by atoms with van der Waals surface area (Å²) in [6, 6.07) is 8.88. The number of rotatable bonds is 3. The van der Waals surface area contributed by atoms with Crippen LogP contribution >= 0.6 is 11.3 Å². The van der Waals surface area contributed by atoms with E-state index in [0.29, 0.717) is 0 Å². The summed E-state index contributed by atoms with van der Waals surface area (Å²) in [5.41, 5.74) is 4.61. The van der Waals surface area contributed by atoms with Crippen molar-refractivity contribution in [2.75, 3.05) is 5.32 Å². The standard InChI is InChI=1S/C16H19N3S/c1-9-13-7-5-6-8-14(13)20-16(9)12(4)17-15-10(2)18-19-11(15)3/h5-8,12,17H,1-4H3,(H,18,19). The molecule has 0 radical (unpaired) electrons. The summed E-state index contributed by atoms with van der Waals surface area (Å²) in [5.74, 6) is 0. The Kier molecular flexibility index (Phi) is 3.26. The van der Waals surface area contributed by atoms with E-state index >= 15 is 0 Å². The lowest BCUT2D eigenvalue weighted by molar-refractivity contribution is 0.896. The van der Waals surface area contributed by atoms with Crippen molar-refractivity contribution in [2.45, 2.75) is 33.7 Å². The molecule has 0 saturated heterocycles. The van der Waals surface area contributed by atoms with Crippen LogP contribution in [0.25, 0.3) is 10.1 Å². The predicted octanol–water partition coefficient (Wildman–Crippen LogP) is 4.72. The smallest absolute Gasteiger partial charge is 0.0825 e. The fourth-order valence-corrected chi connectivity index (χ4v) is 3.87. The largest absolute Gasteiger partial charge is 0.375 e. The molecule has 1 aromatic carbocycles. The quantitative estimate of drug-likeness (QED) is 0.731. The topological polar surface area (TPSA) is 40.7 Å². The summed E-state index contributed by atoms with van der Waals surface area (Å²) in [6.45, 7) is 8.49. The second kappa shape index (κ2) is 4.94. The van der Waals surface area contributed by atoms with Gasteiger partial charge in [-0.3, -0.25) is 5.10 Å². The van der Waals surface area contributed by atoms with E-state index in [1.54, 1.807) is 0 Å². The number of fused-ring (bicyclic) bond motifs is 1. The Balaban J connectivity index is 1.97. The first-order chi connectivity index (χ1) is 9.58. The van der Waals surface area contributed by atoms with Gasteiger partial charge in [0.15, 0.2) is 0 Å². The van der Waals surface area contributed by atoms with Gasteiger partial charge in [-0.1, -0.05) is 18.2 Å². The number of aromatic amines is 1. The molecule has 1 unspecified atom stereocenters. The van der Waals surface area contributed by atoms with Crippen molar-refractivity contribution in [3.8, 4) is 0 Å². The molecule has 2 aromatic heterocycles. The maximum atomic E-state index is 4.24. The lowest BCUT2D eigenvalue weighted by Gasteiger charge is -2.15. The highest BCUT2D eigenvalue weighted by molar-refractivity contribution is 7.19. The van der Waals surface area contributed by atoms with Crippen molar-refractivity contribution >= 4 is 27.1 Å². The maximum absolute atomic E-state index is 4.24.